The van der Waals surface area contributed by atoms with Gasteiger partial charge in [0.05, 0.1) is 0 Å². The molecule has 0 saturated heterocycles. The minimum absolute atomic E-state index is 0.787. The van der Waals surface area contributed by atoms with E-state index in [1.807, 2.05) is 0 Å². The van der Waals surface area contributed by atoms with E-state index in [9.17, 15) is 0 Å². The maximum absolute atomic E-state index is 2.58. The van der Waals surface area contributed by atoms with E-state index in [0.717, 1.165) is 35.0 Å². The molecule has 3 fully saturated rings. The van der Waals surface area contributed by atoms with Gasteiger partial charge in [-0.05, 0) is 60.7 Å². The molecule has 0 spiro atoms. The molecule has 0 nitrogen and oxygen atoms in total. The van der Waals surface area contributed by atoms with Gasteiger partial charge < -0.3 is 0 Å². The van der Waals surface area contributed by atoms with Crippen LogP contribution >= 0.6 is 0 Å². The number of fused-ring (bicyclic) bond motifs is 1. The Hall–Kier alpha value is 0. The third kappa shape index (κ3) is 0.877. The summed E-state index contributed by atoms with van der Waals surface area (Å²) < 4.78 is 0. The van der Waals surface area contributed by atoms with Gasteiger partial charge in [-0.25, -0.2) is 0 Å². The van der Waals surface area contributed by atoms with Crippen molar-refractivity contribution >= 4 is 0 Å². The highest BCUT2D eigenvalue weighted by Crippen LogP contribution is 2.70. The van der Waals surface area contributed by atoms with Crippen molar-refractivity contribution in [2.45, 2.75) is 46.5 Å². The molecular formula is C13H22. The maximum atomic E-state index is 2.58. The van der Waals surface area contributed by atoms with Gasteiger partial charge in [0.1, 0.15) is 0 Å². The predicted octanol–water partition coefficient (Wildman–Crippen LogP) is 3.71. The van der Waals surface area contributed by atoms with E-state index >= 15 is 0 Å². The lowest BCUT2D eigenvalue weighted by Crippen LogP contribution is -2.61. The van der Waals surface area contributed by atoms with Crippen molar-refractivity contribution in [1.82, 2.24) is 0 Å². The topological polar surface area (TPSA) is 0 Å². The molecule has 74 valence electrons. The molecule has 0 heterocycles. The zero-order valence-electron chi connectivity index (χ0n) is 9.22. The van der Waals surface area contributed by atoms with Crippen molar-refractivity contribution in [2.75, 3.05) is 0 Å². The Bertz CT molecular complexity index is 222. The normalized spacial score (nSPS) is 64.4. The zero-order chi connectivity index (χ0) is 9.22. The predicted molar refractivity (Wildman–Crippen MR) is 55.4 cm³/mol. The summed E-state index contributed by atoms with van der Waals surface area (Å²) in [5.41, 5.74) is 0.787. The standard InChI is InChI=1S/C13H22/c1-8-4-11(5-8)13(3)7-10-6-9(2)12(10)13/h8-12H,4-7H2,1-3H3. The van der Waals surface area contributed by atoms with Crippen molar-refractivity contribution < 1.29 is 0 Å². The summed E-state index contributed by atoms with van der Waals surface area (Å²) in [4.78, 5) is 0. The van der Waals surface area contributed by atoms with Crippen molar-refractivity contribution in [3.05, 3.63) is 0 Å². The maximum Gasteiger partial charge on any atom is -0.0261 e. The van der Waals surface area contributed by atoms with Gasteiger partial charge in [-0.2, -0.15) is 0 Å². The van der Waals surface area contributed by atoms with E-state index in [4.69, 9.17) is 0 Å². The van der Waals surface area contributed by atoms with Crippen LogP contribution in [0, 0.1) is 35.0 Å². The average molecular weight is 178 g/mol. The fourth-order valence-electron chi connectivity index (χ4n) is 4.86. The number of hydrogen-bond donors (Lipinski definition) is 0. The molecule has 13 heavy (non-hydrogen) atoms. The highest BCUT2D eigenvalue weighted by atomic mass is 14.7. The van der Waals surface area contributed by atoms with Crippen LogP contribution in [0.5, 0.6) is 0 Å². The summed E-state index contributed by atoms with van der Waals surface area (Å²) >= 11 is 0. The molecule has 0 amide bonds. The van der Waals surface area contributed by atoms with Crippen molar-refractivity contribution in [2.24, 2.45) is 35.0 Å². The molecule has 0 aromatic carbocycles. The van der Waals surface area contributed by atoms with Gasteiger partial charge >= 0.3 is 0 Å². The summed E-state index contributed by atoms with van der Waals surface area (Å²) in [7, 11) is 0. The van der Waals surface area contributed by atoms with E-state index in [1.54, 1.807) is 12.8 Å². The van der Waals surface area contributed by atoms with Crippen LogP contribution in [0.2, 0.25) is 0 Å². The van der Waals surface area contributed by atoms with Gasteiger partial charge in [-0.1, -0.05) is 20.8 Å². The van der Waals surface area contributed by atoms with Crippen molar-refractivity contribution in [1.29, 1.82) is 0 Å². The Kier molecular flexibility index (Phi) is 1.49. The Morgan fingerprint density at radius 3 is 2.23 bits per heavy atom. The van der Waals surface area contributed by atoms with Gasteiger partial charge in [0.15, 0.2) is 0 Å². The van der Waals surface area contributed by atoms with Crippen LogP contribution in [0.3, 0.4) is 0 Å². The Balaban J connectivity index is 1.70. The third-order valence-corrected chi connectivity index (χ3v) is 5.57. The van der Waals surface area contributed by atoms with E-state index in [2.05, 4.69) is 20.8 Å². The molecule has 3 rings (SSSR count). The van der Waals surface area contributed by atoms with Crippen LogP contribution in [0.25, 0.3) is 0 Å². The summed E-state index contributed by atoms with van der Waals surface area (Å²) in [6, 6.07) is 0. The van der Waals surface area contributed by atoms with Crippen LogP contribution in [0.4, 0.5) is 0 Å². The second-order valence-electron chi connectivity index (χ2n) is 6.48. The van der Waals surface area contributed by atoms with E-state index in [0.29, 0.717) is 0 Å². The molecule has 0 heteroatoms. The van der Waals surface area contributed by atoms with Crippen molar-refractivity contribution in [3.63, 3.8) is 0 Å². The molecule has 3 aliphatic rings. The second kappa shape index (κ2) is 2.32. The molecule has 3 aliphatic carbocycles. The molecule has 4 atom stereocenters. The molecular weight excluding hydrogens is 156 g/mol. The molecule has 0 aliphatic heterocycles. The Morgan fingerprint density at radius 1 is 1.08 bits per heavy atom. The Labute approximate surface area is 82.1 Å². The summed E-state index contributed by atoms with van der Waals surface area (Å²) in [6.45, 7) is 7.47. The monoisotopic (exact) mass is 178 g/mol. The first-order chi connectivity index (χ1) is 6.11. The molecule has 0 bridgehead atoms. The lowest BCUT2D eigenvalue weighted by atomic mass is 9.36. The fourth-order valence-corrected chi connectivity index (χ4v) is 4.86. The van der Waals surface area contributed by atoms with E-state index < -0.39 is 0 Å². The molecule has 3 saturated carbocycles. The summed E-state index contributed by atoms with van der Waals surface area (Å²) in [5.74, 6) is 5.48. The lowest BCUT2D eigenvalue weighted by molar-refractivity contribution is -0.199. The highest BCUT2D eigenvalue weighted by molar-refractivity contribution is 5.11. The van der Waals surface area contributed by atoms with Crippen LogP contribution < -0.4 is 0 Å². The third-order valence-electron chi connectivity index (χ3n) is 5.57. The molecule has 4 unspecified atom stereocenters. The average Bonchev–Trinajstić information content (AvgIpc) is 1.95. The largest absolute Gasteiger partial charge is 0.0625 e. The minimum Gasteiger partial charge on any atom is -0.0625 e. The molecule has 0 N–H and O–H groups in total. The number of rotatable bonds is 1. The quantitative estimate of drug-likeness (QED) is 0.574. The first-order valence-corrected chi connectivity index (χ1v) is 6.11. The van der Waals surface area contributed by atoms with E-state index in [1.165, 1.54) is 12.8 Å². The van der Waals surface area contributed by atoms with Crippen LogP contribution in [0.15, 0.2) is 0 Å². The van der Waals surface area contributed by atoms with Crippen LogP contribution in [-0.4, -0.2) is 0 Å². The highest BCUT2D eigenvalue weighted by Gasteiger charge is 2.62. The summed E-state index contributed by atoms with van der Waals surface area (Å²) in [6.07, 6.45) is 6.18. The van der Waals surface area contributed by atoms with Gasteiger partial charge in [-0.15, -0.1) is 0 Å². The first kappa shape index (κ1) is 8.32. The molecule has 0 aromatic heterocycles. The van der Waals surface area contributed by atoms with Gasteiger partial charge in [-0.3, -0.25) is 0 Å². The van der Waals surface area contributed by atoms with Gasteiger partial charge in [0, 0.05) is 0 Å². The van der Waals surface area contributed by atoms with E-state index in [-0.39, 0.29) is 0 Å². The SMILES string of the molecule is CC1CC(C2(C)CC3CC(C)C32)C1. The number of hydrogen-bond acceptors (Lipinski definition) is 0. The molecule has 0 aromatic rings. The van der Waals surface area contributed by atoms with Crippen molar-refractivity contribution in [3.8, 4) is 0 Å². The minimum atomic E-state index is 0.787. The fraction of sp³-hybridized carbons (Fsp3) is 1.00. The zero-order valence-corrected chi connectivity index (χ0v) is 9.22. The smallest absolute Gasteiger partial charge is 0.0261 e. The van der Waals surface area contributed by atoms with Crippen LogP contribution in [0.1, 0.15) is 46.5 Å². The lowest BCUT2D eigenvalue weighted by Gasteiger charge is -2.69. The van der Waals surface area contributed by atoms with Gasteiger partial charge in [0.2, 0.25) is 0 Å². The second-order valence-corrected chi connectivity index (χ2v) is 6.48. The van der Waals surface area contributed by atoms with Crippen LogP contribution in [-0.2, 0) is 0 Å². The molecule has 0 radical (unpaired) electrons. The van der Waals surface area contributed by atoms with Gasteiger partial charge in [0.25, 0.3) is 0 Å². The first-order valence-electron chi connectivity index (χ1n) is 6.11. The Morgan fingerprint density at radius 2 is 1.77 bits per heavy atom. The summed E-state index contributed by atoms with van der Waals surface area (Å²) in [5, 5.41) is 0.